The zero-order valence-electron chi connectivity index (χ0n) is 13.4. The third-order valence-electron chi connectivity index (χ3n) is 4.93. The number of hydrogen-bond donors (Lipinski definition) is 2. The normalized spacial score (nSPS) is 26.5. The number of nitrogens with zero attached hydrogens (tertiary/aromatic N) is 1. The summed E-state index contributed by atoms with van der Waals surface area (Å²) < 4.78 is 0. The van der Waals surface area contributed by atoms with E-state index in [4.69, 9.17) is 0 Å². The van der Waals surface area contributed by atoms with Gasteiger partial charge in [-0.1, -0.05) is 37.3 Å². The maximum Gasteiger partial charge on any atom is 0.226 e. The quantitative estimate of drug-likeness (QED) is 0.830. The fourth-order valence-corrected chi connectivity index (χ4v) is 3.50. The minimum Gasteiger partial charge on any atom is -0.394 e. The van der Waals surface area contributed by atoms with Gasteiger partial charge in [-0.15, -0.1) is 0 Å². The largest absolute Gasteiger partial charge is 0.394 e. The van der Waals surface area contributed by atoms with Gasteiger partial charge in [0.1, 0.15) is 0 Å². The predicted octanol–water partition coefficient (Wildman–Crippen LogP) is 1.28. The Hall–Kier alpha value is -1.88. The molecule has 1 aliphatic heterocycles. The van der Waals surface area contributed by atoms with Crippen molar-refractivity contribution >= 4 is 11.8 Å². The summed E-state index contributed by atoms with van der Waals surface area (Å²) in [6, 6.07) is 9.69. The van der Waals surface area contributed by atoms with Crippen molar-refractivity contribution < 1.29 is 14.7 Å². The standard InChI is InChI=1S/C18H24N2O3/c1-2-16(22)19-10-14-17(12-6-4-3-5-7-12)15(11-21)20(14)18(23)13-8-9-13/h3-7,13-15,17,21H,2,8-11H2,1H3,(H,19,22)/t14-,15+,17+/m1/s1. The van der Waals surface area contributed by atoms with Crippen molar-refractivity contribution in [2.75, 3.05) is 13.2 Å². The first-order chi connectivity index (χ1) is 11.2. The number of benzene rings is 1. The zero-order chi connectivity index (χ0) is 16.4. The third-order valence-corrected chi connectivity index (χ3v) is 4.93. The lowest BCUT2D eigenvalue weighted by Gasteiger charge is -2.55. The van der Waals surface area contributed by atoms with E-state index in [0.717, 1.165) is 18.4 Å². The number of likely N-dealkylation sites (tertiary alicyclic amines) is 1. The Balaban J connectivity index is 1.80. The SMILES string of the molecule is CCC(=O)NC[C@@H]1[C@H](c2ccccc2)[C@H](CO)N1C(=O)C1CC1. The van der Waals surface area contributed by atoms with Crippen LogP contribution in [0.2, 0.25) is 0 Å². The number of nitrogens with one attached hydrogen (secondary N) is 1. The van der Waals surface area contributed by atoms with Crippen LogP contribution in [0.4, 0.5) is 0 Å². The van der Waals surface area contributed by atoms with E-state index in [1.807, 2.05) is 42.2 Å². The molecule has 2 amide bonds. The molecule has 1 aliphatic carbocycles. The number of aliphatic hydroxyl groups excluding tert-OH is 1. The number of carbonyl (C=O) groups is 2. The van der Waals surface area contributed by atoms with E-state index in [1.54, 1.807) is 0 Å². The Kier molecular flexibility index (Phi) is 4.66. The fraction of sp³-hybridized carbons (Fsp3) is 0.556. The van der Waals surface area contributed by atoms with Gasteiger partial charge in [0.05, 0.1) is 18.7 Å². The van der Waals surface area contributed by atoms with E-state index in [1.165, 1.54) is 0 Å². The van der Waals surface area contributed by atoms with Gasteiger partial charge in [0.15, 0.2) is 0 Å². The Bertz CT molecular complexity index is 571. The average molecular weight is 316 g/mol. The molecule has 0 radical (unpaired) electrons. The van der Waals surface area contributed by atoms with Gasteiger partial charge >= 0.3 is 0 Å². The Morgan fingerprint density at radius 2 is 1.91 bits per heavy atom. The summed E-state index contributed by atoms with van der Waals surface area (Å²) in [5.41, 5.74) is 1.11. The van der Waals surface area contributed by atoms with Gasteiger partial charge in [-0.2, -0.15) is 0 Å². The van der Waals surface area contributed by atoms with Crippen LogP contribution in [0.3, 0.4) is 0 Å². The van der Waals surface area contributed by atoms with Crippen LogP contribution in [0.5, 0.6) is 0 Å². The van der Waals surface area contributed by atoms with E-state index >= 15 is 0 Å². The van der Waals surface area contributed by atoms with Gasteiger partial charge in [-0.25, -0.2) is 0 Å². The van der Waals surface area contributed by atoms with Crippen molar-refractivity contribution in [3.63, 3.8) is 0 Å². The van der Waals surface area contributed by atoms with Gasteiger partial charge in [0, 0.05) is 24.8 Å². The number of rotatable bonds is 6. The third kappa shape index (κ3) is 3.11. The highest BCUT2D eigenvalue weighted by atomic mass is 16.3. The fourth-order valence-electron chi connectivity index (χ4n) is 3.50. The smallest absolute Gasteiger partial charge is 0.226 e. The number of aliphatic hydroxyl groups is 1. The second-order valence-corrected chi connectivity index (χ2v) is 6.43. The molecule has 1 heterocycles. The zero-order valence-corrected chi connectivity index (χ0v) is 13.4. The molecule has 23 heavy (non-hydrogen) atoms. The molecule has 1 aromatic rings. The summed E-state index contributed by atoms with van der Waals surface area (Å²) in [6.07, 6.45) is 2.32. The van der Waals surface area contributed by atoms with Gasteiger partial charge in [0.2, 0.25) is 11.8 Å². The van der Waals surface area contributed by atoms with Gasteiger partial charge in [-0.05, 0) is 18.4 Å². The van der Waals surface area contributed by atoms with E-state index < -0.39 is 0 Å². The van der Waals surface area contributed by atoms with E-state index in [9.17, 15) is 14.7 Å². The Labute approximate surface area is 136 Å². The van der Waals surface area contributed by atoms with Crippen LogP contribution in [-0.2, 0) is 9.59 Å². The second-order valence-electron chi connectivity index (χ2n) is 6.43. The monoisotopic (exact) mass is 316 g/mol. The highest BCUT2D eigenvalue weighted by Gasteiger charge is 2.53. The molecule has 2 aliphatic rings. The highest BCUT2D eigenvalue weighted by molar-refractivity contribution is 5.83. The topological polar surface area (TPSA) is 69.6 Å². The predicted molar refractivity (Wildman–Crippen MR) is 86.7 cm³/mol. The molecule has 0 unspecified atom stereocenters. The molecule has 124 valence electrons. The molecule has 2 N–H and O–H groups in total. The Morgan fingerprint density at radius 3 is 2.48 bits per heavy atom. The van der Waals surface area contributed by atoms with Crippen LogP contribution in [-0.4, -0.2) is 47.1 Å². The van der Waals surface area contributed by atoms with Crippen molar-refractivity contribution in [3.8, 4) is 0 Å². The first-order valence-corrected chi connectivity index (χ1v) is 8.42. The molecule has 0 aromatic heterocycles. The lowest BCUT2D eigenvalue weighted by Crippen LogP contribution is -2.68. The molecule has 1 aromatic carbocycles. The minimum absolute atomic E-state index is 0.0110. The van der Waals surface area contributed by atoms with Crippen LogP contribution in [0, 0.1) is 5.92 Å². The molecule has 0 spiro atoms. The van der Waals surface area contributed by atoms with Gasteiger partial charge < -0.3 is 15.3 Å². The second kappa shape index (κ2) is 6.71. The van der Waals surface area contributed by atoms with E-state index in [2.05, 4.69) is 5.32 Å². The number of hydrogen-bond acceptors (Lipinski definition) is 3. The van der Waals surface area contributed by atoms with E-state index in [-0.39, 0.29) is 42.3 Å². The van der Waals surface area contributed by atoms with Crippen LogP contribution in [0.25, 0.3) is 0 Å². The van der Waals surface area contributed by atoms with E-state index in [0.29, 0.717) is 13.0 Å². The van der Waals surface area contributed by atoms with Crippen molar-refractivity contribution in [1.29, 1.82) is 0 Å². The molecular formula is C18H24N2O3. The lowest BCUT2D eigenvalue weighted by atomic mass is 9.74. The molecule has 3 atom stereocenters. The van der Waals surface area contributed by atoms with Gasteiger partial charge in [-0.3, -0.25) is 9.59 Å². The summed E-state index contributed by atoms with van der Waals surface area (Å²) in [5.74, 6) is 0.307. The molecule has 2 fully saturated rings. The molecule has 3 rings (SSSR count). The molecule has 5 heteroatoms. The van der Waals surface area contributed by atoms with Crippen molar-refractivity contribution in [2.24, 2.45) is 5.92 Å². The van der Waals surface area contributed by atoms with Crippen molar-refractivity contribution in [2.45, 2.75) is 44.2 Å². The van der Waals surface area contributed by atoms with Crippen LogP contribution in [0.1, 0.15) is 37.7 Å². The minimum atomic E-state index is -0.186. The molecule has 1 saturated heterocycles. The average Bonchev–Trinajstić information content (AvgIpc) is 3.39. The number of carbonyl (C=O) groups excluding carboxylic acids is 2. The van der Waals surface area contributed by atoms with Crippen LogP contribution >= 0.6 is 0 Å². The number of amides is 2. The lowest BCUT2D eigenvalue weighted by molar-refractivity contribution is -0.152. The molecule has 1 saturated carbocycles. The summed E-state index contributed by atoms with van der Waals surface area (Å²) in [4.78, 5) is 26.0. The summed E-state index contributed by atoms with van der Waals surface area (Å²) in [6.45, 7) is 2.21. The molecule has 5 nitrogen and oxygen atoms in total. The summed E-state index contributed by atoms with van der Waals surface area (Å²) in [7, 11) is 0. The molecule has 0 bridgehead atoms. The maximum atomic E-state index is 12.6. The van der Waals surface area contributed by atoms with Crippen LogP contribution < -0.4 is 5.32 Å². The molecular weight excluding hydrogens is 292 g/mol. The maximum absolute atomic E-state index is 12.6. The summed E-state index contributed by atoms with van der Waals surface area (Å²) in [5, 5.41) is 12.7. The Morgan fingerprint density at radius 1 is 1.22 bits per heavy atom. The highest BCUT2D eigenvalue weighted by Crippen LogP contribution is 2.44. The van der Waals surface area contributed by atoms with Crippen molar-refractivity contribution in [3.05, 3.63) is 35.9 Å². The first-order valence-electron chi connectivity index (χ1n) is 8.42. The van der Waals surface area contributed by atoms with Crippen molar-refractivity contribution in [1.82, 2.24) is 10.2 Å². The van der Waals surface area contributed by atoms with Crippen LogP contribution in [0.15, 0.2) is 30.3 Å². The first kappa shape index (κ1) is 16.0. The summed E-state index contributed by atoms with van der Waals surface area (Å²) >= 11 is 0. The van der Waals surface area contributed by atoms with Gasteiger partial charge in [0.25, 0.3) is 0 Å².